The van der Waals surface area contributed by atoms with Crippen molar-refractivity contribution in [2.24, 2.45) is 11.8 Å². The highest BCUT2D eigenvalue weighted by molar-refractivity contribution is 5.44. The molecule has 0 fully saturated rings. The normalized spacial score (nSPS) is 15.1. The van der Waals surface area contributed by atoms with Crippen molar-refractivity contribution in [2.45, 2.75) is 26.7 Å². The molecule has 0 radical (unpaired) electrons. The summed E-state index contributed by atoms with van der Waals surface area (Å²) >= 11 is 0. The summed E-state index contributed by atoms with van der Waals surface area (Å²) in [6.07, 6.45) is 1.91. The fourth-order valence-corrected chi connectivity index (χ4v) is 3.08. The van der Waals surface area contributed by atoms with E-state index in [9.17, 15) is 5.11 Å². The van der Waals surface area contributed by atoms with E-state index in [1.807, 2.05) is 18.2 Å². The maximum absolute atomic E-state index is 9.92. The van der Waals surface area contributed by atoms with Gasteiger partial charge in [0.1, 0.15) is 0 Å². The van der Waals surface area contributed by atoms with Crippen molar-refractivity contribution in [3.63, 3.8) is 0 Å². The third-order valence-electron chi connectivity index (χ3n) is 4.77. The van der Waals surface area contributed by atoms with Gasteiger partial charge < -0.3 is 19.3 Å². The number of benzene rings is 2. The summed E-state index contributed by atoms with van der Waals surface area (Å²) in [5.41, 5.74) is 2.38. The number of hydrogen-bond acceptors (Lipinski definition) is 4. The van der Waals surface area contributed by atoms with Gasteiger partial charge in [-0.15, -0.1) is 0 Å². The van der Waals surface area contributed by atoms with Gasteiger partial charge in [0, 0.05) is 0 Å². The Morgan fingerprint density at radius 2 is 1.58 bits per heavy atom. The Kier molecular flexibility index (Phi) is 4.84. The van der Waals surface area contributed by atoms with Gasteiger partial charge in [-0.1, -0.05) is 26.0 Å². The van der Waals surface area contributed by atoms with Crippen LogP contribution < -0.4 is 14.2 Å². The van der Waals surface area contributed by atoms with Crippen LogP contribution in [0.4, 0.5) is 0 Å². The molecule has 2 atom stereocenters. The van der Waals surface area contributed by atoms with E-state index in [0.29, 0.717) is 24.4 Å². The molecule has 0 bridgehead atoms. The van der Waals surface area contributed by atoms with Crippen molar-refractivity contribution in [2.75, 3.05) is 13.9 Å². The zero-order valence-electron chi connectivity index (χ0n) is 14.4. The van der Waals surface area contributed by atoms with E-state index < -0.39 is 0 Å². The summed E-state index contributed by atoms with van der Waals surface area (Å²) in [6, 6.07) is 11.8. The number of methoxy groups -OCH3 is 1. The smallest absolute Gasteiger partial charge is 0.231 e. The fraction of sp³-hybridized carbons (Fsp3) is 0.400. The third-order valence-corrected chi connectivity index (χ3v) is 4.77. The van der Waals surface area contributed by atoms with Crippen molar-refractivity contribution in [3.8, 4) is 23.0 Å². The van der Waals surface area contributed by atoms with E-state index >= 15 is 0 Å². The minimum atomic E-state index is 0.200. The molecule has 0 unspecified atom stereocenters. The first-order chi connectivity index (χ1) is 11.6. The first-order valence-corrected chi connectivity index (χ1v) is 8.31. The average molecular weight is 328 g/mol. The monoisotopic (exact) mass is 328 g/mol. The number of ether oxygens (including phenoxy) is 3. The molecule has 0 amide bonds. The highest BCUT2D eigenvalue weighted by Gasteiger charge is 2.17. The van der Waals surface area contributed by atoms with Gasteiger partial charge in [-0.25, -0.2) is 0 Å². The maximum Gasteiger partial charge on any atom is 0.231 e. The summed E-state index contributed by atoms with van der Waals surface area (Å²) in [4.78, 5) is 0. The molecular formula is C20H24O4. The molecular weight excluding hydrogens is 304 g/mol. The number of hydrogen-bond donors (Lipinski definition) is 1. The van der Waals surface area contributed by atoms with Crippen LogP contribution in [0.2, 0.25) is 0 Å². The summed E-state index contributed by atoms with van der Waals surface area (Å²) in [6.45, 7) is 4.82. The Morgan fingerprint density at radius 3 is 2.25 bits per heavy atom. The molecule has 1 heterocycles. The number of phenolic OH excluding ortho intramolecular Hbond substituents is 1. The lowest BCUT2D eigenvalue weighted by Crippen LogP contribution is -2.13. The first-order valence-electron chi connectivity index (χ1n) is 8.31. The van der Waals surface area contributed by atoms with Crippen molar-refractivity contribution in [3.05, 3.63) is 47.5 Å². The van der Waals surface area contributed by atoms with Crippen LogP contribution in [0, 0.1) is 11.8 Å². The molecule has 4 nitrogen and oxygen atoms in total. The molecule has 24 heavy (non-hydrogen) atoms. The van der Waals surface area contributed by atoms with Crippen molar-refractivity contribution < 1.29 is 19.3 Å². The number of fused-ring (bicyclic) bond motifs is 1. The maximum atomic E-state index is 9.92. The molecule has 3 rings (SSSR count). The molecule has 2 aromatic rings. The van der Waals surface area contributed by atoms with Gasteiger partial charge in [-0.3, -0.25) is 0 Å². The molecule has 0 spiro atoms. The molecule has 4 heteroatoms. The summed E-state index contributed by atoms with van der Waals surface area (Å²) in [7, 11) is 1.56. The average Bonchev–Trinajstić information content (AvgIpc) is 3.02. The van der Waals surface area contributed by atoms with Crippen LogP contribution in [0.3, 0.4) is 0 Å². The molecule has 0 saturated heterocycles. The van der Waals surface area contributed by atoms with Crippen LogP contribution in [0.15, 0.2) is 36.4 Å². The SMILES string of the molecule is COc1ccc(C[C@H](C)[C@@H](C)Cc2ccc3c(c2)OCO3)cc1O. The van der Waals surface area contributed by atoms with Gasteiger partial charge in [-0.05, 0) is 60.1 Å². The van der Waals surface area contributed by atoms with E-state index in [4.69, 9.17) is 14.2 Å². The van der Waals surface area contributed by atoms with E-state index in [2.05, 4.69) is 26.0 Å². The number of rotatable bonds is 6. The predicted octanol–water partition coefficient (Wildman–Crippen LogP) is 4.19. The Bertz CT molecular complexity index is 711. The summed E-state index contributed by atoms with van der Waals surface area (Å²) in [5, 5.41) is 9.92. The second kappa shape index (κ2) is 7.04. The van der Waals surface area contributed by atoms with Gasteiger partial charge in [0.15, 0.2) is 23.0 Å². The van der Waals surface area contributed by atoms with Gasteiger partial charge >= 0.3 is 0 Å². The Balaban J connectivity index is 1.62. The van der Waals surface area contributed by atoms with E-state index in [1.54, 1.807) is 13.2 Å². The van der Waals surface area contributed by atoms with Crippen LogP contribution in [0.25, 0.3) is 0 Å². The van der Waals surface area contributed by atoms with Crippen LogP contribution in [-0.4, -0.2) is 19.0 Å². The molecule has 0 saturated carbocycles. The molecule has 128 valence electrons. The zero-order chi connectivity index (χ0) is 17.1. The van der Waals surface area contributed by atoms with Gasteiger partial charge in [-0.2, -0.15) is 0 Å². The Hall–Kier alpha value is -2.36. The second-order valence-corrected chi connectivity index (χ2v) is 6.56. The van der Waals surface area contributed by atoms with Crippen molar-refractivity contribution in [1.82, 2.24) is 0 Å². The quantitative estimate of drug-likeness (QED) is 0.864. The molecule has 1 aliphatic heterocycles. The van der Waals surface area contributed by atoms with Crippen LogP contribution in [0.5, 0.6) is 23.0 Å². The summed E-state index contributed by atoms with van der Waals surface area (Å²) < 4.78 is 15.9. The molecule has 1 N–H and O–H groups in total. The second-order valence-electron chi connectivity index (χ2n) is 6.56. The van der Waals surface area contributed by atoms with Crippen LogP contribution in [0.1, 0.15) is 25.0 Å². The predicted molar refractivity (Wildman–Crippen MR) is 93.0 cm³/mol. The molecule has 0 aliphatic carbocycles. The van der Waals surface area contributed by atoms with Crippen LogP contribution in [-0.2, 0) is 12.8 Å². The number of phenols is 1. The lowest BCUT2D eigenvalue weighted by atomic mass is 9.85. The van der Waals surface area contributed by atoms with Gasteiger partial charge in [0.2, 0.25) is 6.79 Å². The zero-order valence-corrected chi connectivity index (χ0v) is 14.4. The van der Waals surface area contributed by atoms with Crippen molar-refractivity contribution in [1.29, 1.82) is 0 Å². The molecule has 0 aromatic heterocycles. The van der Waals surface area contributed by atoms with Gasteiger partial charge in [0.05, 0.1) is 7.11 Å². The number of aromatic hydroxyl groups is 1. The van der Waals surface area contributed by atoms with E-state index in [1.165, 1.54) is 5.56 Å². The standard InChI is InChI=1S/C20H24O4/c1-13(8-15-4-6-18(22-3)17(21)10-15)14(2)9-16-5-7-19-20(11-16)24-12-23-19/h4-7,10-11,13-14,21H,8-9,12H2,1-3H3/t13-,14-/m0/s1. The van der Waals surface area contributed by atoms with Crippen molar-refractivity contribution >= 4 is 0 Å². The fourth-order valence-electron chi connectivity index (χ4n) is 3.08. The third kappa shape index (κ3) is 3.58. The lowest BCUT2D eigenvalue weighted by Gasteiger charge is -2.20. The topological polar surface area (TPSA) is 47.9 Å². The highest BCUT2D eigenvalue weighted by atomic mass is 16.7. The van der Waals surface area contributed by atoms with E-state index in [-0.39, 0.29) is 5.75 Å². The molecule has 2 aromatic carbocycles. The largest absolute Gasteiger partial charge is 0.504 e. The highest BCUT2D eigenvalue weighted by Crippen LogP contribution is 2.34. The minimum Gasteiger partial charge on any atom is -0.504 e. The van der Waals surface area contributed by atoms with E-state index in [0.717, 1.165) is 29.9 Å². The van der Waals surface area contributed by atoms with Gasteiger partial charge in [0.25, 0.3) is 0 Å². The molecule has 1 aliphatic rings. The lowest BCUT2D eigenvalue weighted by molar-refractivity contribution is 0.174. The minimum absolute atomic E-state index is 0.200. The van der Waals surface area contributed by atoms with Crippen LogP contribution >= 0.6 is 0 Å². The Labute approximate surface area is 143 Å². The first kappa shape index (κ1) is 16.5. The summed E-state index contributed by atoms with van der Waals surface area (Å²) in [5.74, 6) is 3.38. The Morgan fingerprint density at radius 1 is 0.958 bits per heavy atom.